The van der Waals surface area contributed by atoms with E-state index in [0.29, 0.717) is 5.69 Å². The molecule has 2 fully saturated rings. The van der Waals surface area contributed by atoms with Gasteiger partial charge in [0.25, 0.3) is 5.91 Å². The summed E-state index contributed by atoms with van der Waals surface area (Å²) in [6.45, 7) is 8.98. The molecule has 3 heterocycles. The Labute approximate surface area is 174 Å². The number of hydrogen-bond acceptors (Lipinski definition) is 4. The summed E-state index contributed by atoms with van der Waals surface area (Å²) in [5.74, 6) is 1.46. The summed E-state index contributed by atoms with van der Waals surface area (Å²) < 4.78 is 0. The van der Waals surface area contributed by atoms with Crippen molar-refractivity contribution in [3.63, 3.8) is 0 Å². The Morgan fingerprint density at radius 3 is 1.86 bits per heavy atom. The van der Waals surface area contributed by atoms with Crippen molar-refractivity contribution in [3.8, 4) is 0 Å². The highest BCUT2D eigenvalue weighted by Gasteiger charge is 2.18. The van der Waals surface area contributed by atoms with Crippen LogP contribution in [0.1, 0.15) is 50.0 Å². The Balaban J connectivity index is 1.34. The van der Waals surface area contributed by atoms with Crippen LogP contribution in [0.4, 0.5) is 17.1 Å². The summed E-state index contributed by atoms with van der Waals surface area (Å²) in [7, 11) is 0. The number of rotatable bonds is 4. The van der Waals surface area contributed by atoms with E-state index in [1.165, 1.54) is 31.4 Å². The van der Waals surface area contributed by atoms with Crippen molar-refractivity contribution in [1.82, 2.24) is 4.98 Å². The van der Waals surface area contributed by atoms with Gasteiger partial charge in [-0.3, -0.25) is 4.79 Å². The molecule has 4 rings (SSSR count). The third-order valence-electron chi connectivity index (χ3n) is 6.40. The van der Waals surface area contributed by atoms with Crippen LogP contribution in [0, 0.1) is 11.8 Å². The molecule has 2 aliphatic heterocycles. The van der Waals surface area contributed by atoms with Crippen LogP contribution in [0.15, 0.2) is 42.6 Å². The number of amides is 1. The van der Waals surface area contributed by atoms with Crippen LogP contribution in [0.5, 0.6) is 0 Å². The minimum atomic E-state index is -0.164. The lowest BCUT2D eigenvalue weighted by Crippen LogP contribution is -2.32. The molecule has 5 heteroatoms. The lowest BCUT2D eigenvalue weighted by Gasteiger charge is -2.32. The zero-order valence-corrected chi connectivity index (χ0v) is 17.6. The lowest BCUT2D eigenvalue weighted by molar-refractivity contribution is 0.102. The molecule has 0 bridgehead atoms. The minimum Gasteiger partial charge on any atom is -0.372 e. The molecule has 5 nitrogen and oxygen atoms in total. The number of anilines is 3. The van der Waals surface area contributed by atoms with Crippen LogP contribution in [-0.2, 0) is 0 Å². The fourth-order valence-electron chi connectivity index (χ4n) is 4.19. The number of nitrogens with zero attached hydrogens (tertiary/aromatic N) is 3. The molecule has 0 spiro atoms. The first kappa shape index (κ1) is 19.7. The van der Waals surface area contributed by atoms with Crippen LogP contribution < -0.4 is 15.1 Å². The fourth-order valence-corrected chi connectivity index (χ4v) is 4.19. The molecule has 2 aliphatic rings. The normalized spacial score (nSPS) is 18.7. The number of piperidine rings is 2. The van der Waals surface area contributed by atoms with E-state index in [0.717, 1.165) is 49.4 Å². The molecule has 1 aromatic carbocycles. The van der Waals surface area contributed by atoms with Gasteiger partial charge < -0.3 is 15.1 Å². The SMILES string of the molecule is CC1CCN(c2ccc(NC(=O)c3ccc(N4CCC(C)CC4)cn3)cc2)CC1. The van der Waals surface area contributed by atoms with E-state index < -0.39 is 0 Å². The van der Waals surface area contributed by atoms with Crippen molar-refractivity contribution in [1.29, 1.82) is 0 Å². The van der Waals surface area contributed by atoms with Crippen LogP contribution in [0.3, 0.4) is 0 Å². The highest BCUT2D eigenvalue weighted by Crippen LogP contribution is 2.25. The Morgan fingerprint density at radius 2 is 1.34 bits per heavy atom. The zero-order valence-electron chi connectivity index (χ0n) is 17.6. The molecule has 2 saturated heterocycles. The highest BCUT2D eigenvalue weighted by molar-refractivity contribution is 6.03. The maximum Gasteiger partial charge on any atom is 0.274 e. The number of benzene rings is 1. The first-order valence-corrected chi connectivity index (χ1v) is 11.0. The third-order valence-corrected chi connectivity index (χ3v) is 6.40. The molecule has 2 aromatic rings. The summed E-state index contributed by atoms with van der Waals surface area (Å²) in [6, 6.07) is 12.0. The van der Waals surface area contributed by atoms with Crippen LogP contribution in [0.25, 0.3) is 0 Å². The molecular formula is C24H32N4O. The molecule has 0 saturated carbocycles. The van der Waals surface area contributed by atoms with Gasteiger partial charge in [-0.25, -0.2) is 4.98 Å². The highest BCUT2D eigenvalue weighted by atomic mass is 16.1. The second-order valence-electron chi connectivity index (χ2n) is 8.74. The quantitative estimate of drug-likeness (QED) is 0.811. The smallest absolute Gasteiger partial charge is 0.274 e. The summed E-state index contributed by atoms with van der Waals surface area (Å²) in [4.78, 5) is 21.8. The van der Waals surface area contributed by atoms with E-state index >= 15 is 0 Å². The van der Waals surface area contributed by atoms with Crippen molar-refractivity contribution in [2.75, 3.05) is 41.3 Å². The number of hydrogen-bond donors (Lipinski definition) is 1. The third kappa shape index (κ3) is 4.89. The van der Waals surface area contributed by atoms with Crippen molar-refractivity contribution in [2.24, 2.45) is 11.8 Å². The number of nitrogens with one attached hydrogen (secondary N) is 1. The number of aromatic nitrogens is 1. The maximum absolute atomic E-state index is 12.6. The molecule has 154 valence electrons. The second kappa shape index (κ2) is 8.85. The van der Waals surface area contributed by atoms with E-state index in [9.17, 15) is 4.79 Å². The number of carbonyl (C=O) groups excluding carboxylic acids is 1. The molecule has 0 atom stereocenters. The second-order valence-corrected chi connectivity index (χ2v) is 8.74. The summed E-state index contributed by atoms with van der Waals surface area (Å²) in [5.41, 5.74) is 3.59. The summed E-state index contributed by atoms with van der Waals surface area (Å²) in [5, 5.41) is 2.97. The standard InChI is InChI=1S/C24H32N4O/c1-18-9-13-27(14-10-18)21-5-3-20(4-6-21)26-24(29)23-8-7-22(17-25-23)28-15-11-19(2)12-16-28/h3-8,17-19H,9-16H2,1-2H3,(H,26,29). The summed E-state index contributed by atoms with van der Waals surface area (Å²) in [6.07, 6.45) is 6.75. The number of pyridine rings is 1. The Bertz CT molecular complexity index is 802. The molecule has 0 radical (unpaired) electrons. The molecule has 0 aliphatic carbocycles. The first-order valence-electron chi connectivity index (χ1n) is 11.0. The van der Waals surface area contributed by atoms with Gasteiger partial charge in [-0.1, -0.05) is 13.8 Å². The Morgan fingerprint density at radius 1 is 0.828 bits per heavy atom. The van der Waals surface area contributed by atoms with E-state index in [4.69, 9.17) is 0 Å². The lowest BCUT2D eigenvalue weighted by atomic mass is 9.99. The van der Waals surface area contributed by atoms with Crippen LogP contribution >= 0.6 is 0 Å². The van der Waals surface area contributed by atoms with Gasteiger partial charge in [-0.05, 0) is 73.9 Å². The first-order chi connectivity index (χ1) is 14.1. The van der Waals surface area contributed by atoms with E-state index in [1.807, 2.05) is 30.5 Å². The van der Waals surface area contributed by atoms with E-state index in [1.54, 1.807) is 0 Å². The Kier molecular flexibility index (Phi) is 6.02. The van der Waals surface area contributed by atoms with Crippen molar-refractivity contribution >= 4 is 23.0 Å². The van der Waals surface area contributed by atoms with Crippen LogP contribution in [0.2, 0.25) is 0 Å². The van der Waals surface area contributed by atoms with Gasteiger partial charge in [0.1, 0.15) is 5.69 Å². The van der Waals surface area contributed by atoms with Gasteiger partial charge >= 0.3 is 0 Å². The molecule has 1 N–H and O–H groups in total. The largest absolute Gasteiger partial charge is 0.372 e. The molecule has 29 heavy (non-hydrogen) atoms. The van der Waals surface area contributed by atoms with Gasteiger partial charge in [0.2, 0.25) is 0 Å². The Hall–Kier alpha value is -2.56. The van der Waals surface area contributed by atoms with Gasteiger partial charge in [0.05, 0.1) is 11.9 Å². The average molecular weight is 393 g/mol. The minimum absolute atomic E-state index is 0.164. The summed E-state index contributed by atoms with van der Waals surface area (Å²) >= 11 is 0. The average Bonchev–Trinajstić information content (AvgIpc) is 2.76. The zero-order chi connectivity index (χ0) is 20.2. The van der Waals surface area contributed by atoms with Crippen LogP contribution in [-0.4, -0.2) is 37.1 Å². The maximum atomic E-state index is 12.6. The van der Waals surface area contributed by atoms with Crippen molar-refractivity contribution in [2.45, 2.75) is 39.5 Å². The fraction of sp³-hybridized carbons (Fsp3) is 0.500. The molecular weight excluding hydrogens is 360 g/mol. The predicted octanol–water partition coefficient (Wildman–Crippen LogP) is 4.81. The van der Waals surface area contributed by atoms with E-state index in [2.05, 4.69) is 46.1 Å². The van der Waals surface area contributed by atoms with Crippen molar-refractivity contribution < 1.29 is 4.79 Å². The van der Waals surface area contributed by atoms with Gasteiger partial charge in [0, 0.05) is 37.6 Å². The number of carbonyl (C=O) groups is 1. The molecule has 1 amide bonds. The van der Waals surface area contributed by atoms with Crippen molar-refractivity contribution in [3.05, 3.63) is 48.3 Å². The predicted molar refractivity (Wildman–Crippen MR) is 120 cm³/mol. The van der Waals surface area contributed by atoms with Gasteiger partial charge in [-0.2, -0.15) is 0 Å². The molecule has 0 unspecified atom stereocenters. The van der Waals surface area contributed by atoms with Gasteiger partial charge in [0.15, 0.2) is 0 Å². The topological polar surface area (TPSA) is 48.5 Å². The van der Waals surface area contributed by atoms with E-state index in [-0.39, 0.29) is 5.91 Å². The monoisotopic (exact) mass is 392 g/mol. The van der Waals surface area contributed by atoms with Gasteiger partial charge in [-0.15, -0.1) is 0 Å². The molecule has 1 aromatic heterocycles.